The number of hydrogen-bond acceptors (Lipinski definition) is 4. The molecule has 0 saturated heterocycles. The fraction of sp³-hybridized carbons (Fsp3) is 0.550. The second-order valence-electron chi connectivity index (χ2n) is 7.09. The van der Waals surface area contributed by atoms with Crippen LogP contribution in [0.1, 0.15) is 43.2 Å². The SMILES string of the molecule is C#C[C@@]1(O)[C@H]2CCc3cc(OC)ccc3[C@@H]2CC[C@]1(C)C(=O)OC. The molecule has 1 aromatic rings. The molecule has 4 heteroatoms. The minimum atomic E-state index is -1.50. The highest BCUT2D eigenvalue weighted by atomic mass is 16.5. The van der Waals surface area contributed by atoms with Crippen LogP contribution in [0.3, 0.4) is 0 Å². The number of esters is 1. The van der Waals surface area contributed by atoms with Crippen molar-refractivity contribution in [2.24, 2.45) is 11.3 Å². The first-order valence-electron chi connectivity index (χ1n) is 8.36. The van der Waals surface area contributed by atoms with Crippen molar-refractivity contribution in [2.75, 3.05) is 14.2 Å². The highest BCUT2D eigenvalue weighted by Gasteiger charge is 2.61. The Kier molecular flexibility index (Phi) is 4.09. The van der Waals surface area contributed by atoms with Crippen LogP contribution < -0.4 is 4.74 Å². The summed E-state index contributed by atoms with van der Waals surface area (Å²) in [4.78, 5) is 12.4. The van der Waals surface area contributed by atoms with Gasteiger partial charge in [-0.15, -0.1) is 6.42 Å². The Bertz CT molecular complexity index is 704. The number of aliphatic hydroxyl groups is 1. The number of ether oxygens (including phenoxy) is 2. The normalized spacial score (nSPS) is 34.5. The van der Waals surface area contributed by atoms with E-state index in [1.807, 2.05) is 6.07 Å². The Morgan fingerprint density at radius 3 is 2.75 bits per heavy atom. The molecule has 0 aromatic heterocycles. The third kappa shape index (κ3) is 2.15. The summed E-state index contributed by atoms with van der Waals surface area (Å²) in [6.07, 6.45) is 8.63. The van der Waals surface area contributed by atoms with Crippen LogP contribution in [0.15, 0.2) is 18.2 Å². The number of carbonyl (C=O) groups excluding carboxylic acids is 1. The molecule has 0 unspecified atom stereocenters. The van der Waals surface area contributed by atoms with E-state index in [1.165, 1.54) is 18.2 Å². The molecule has 0 aliphatic heterocycles. The predicted octanol–water partition coefficient (Wildman–Crippen LogP) is 2.68. The van der Waals surface area contributed by atoms with E-state index >= 15 is 0 Å². The van der Waals surface area contributed by atoms with Gasteiger partial charge >= 0.3 is 5.97 Å². The Morgan fingerprint density at radius 1 is 1.38 bits per heavy atom. The summed E-state index contributed by atoms with van der Waals surface area (Å²) in [5, 5.41) is 11.4. The molecule has 2 aliphatic rings. The second-order valence-corrected chi connectivity index (χ2v) is 7.09. The second kappa shape index (κ2) is 5.82. The summed E-state index contributed by atoms with van der Waals surface area (Å²) in [6, 6.07) is 6.08. The van der Waals surface area contributed by atoms with Gasteiger partial charge in [0.2, 0.25) is 0 Å². The quantitative estimate of drug-likeness (QED) is 0.670. The van der Waals surface area contributed by atoms with Crippen LogP contribution in [0.4, 0.5) is 0 Å². The Labute approximate surface area is 143 Å². The molecular weight excluding hydrogens is 304 g/mol. The lowest BCUT2D eigenvalue weighted by Crippen LogP contribution is -2.60. The number of carbonyl (C=O) groups is 1. The van der Waals surface area contributed by atoms with E-state index in [0.717, 1.165) is 25.0 Å². The van der Waals surface area contributed by atoms with Crippen molar-refractivity contribution >= 4 is 5.97 Å². The zero-order chi connectivity index (χ0) is 17.5. The monoisotopic (exact) mass is 328 g/mol. The lowest BCUT2D eigenvalue weighted by molar-refractivity contribution is -0.179. The van der Waals surface area contributed by atoms with Crippen LogP contribution in [0.2, 0.25) is 0 Å². The van der Waals surface area contributed by atoms with Gasteiger partial charge in [0.25, 0.3) is 0 Å². The van der Waals surface area contributed by atoms with Gasteiger partial charge in [0.05, 0.1) is 14.2 Å². The van der Waals surface area contributed by atoms with E-state index in [0.29, 0.717) is 6.42 Å². The van der Waals surface area contributed by atoms with E-state index in [4.69, 9.17) is 15.9 Å². The molecular formula is C20H24O4. The average molecular weight is 328 g/mol. The molecule has 0 bridgehead atoms. The van der Waals surface area contributed by atoms with Crippen molar-refractivity contribution in [2.45, 2.75) is 44.1 Å². The van der Waals surface area contributed by atoms with E-state index in [9.17, 15) is 9.90 Å². The fourth-order valence-electron chi connectivity index (χ4n) is 4.67. The van der Waals surface area contributed by atoms with Crippen molar-refractivity contribution in [3.63, 3.8) is 0 Å². The zero-order valence-corrected chi connectivity index (χ0v) is 14.5. The van der Waals surface area contributed by atoms with Gasteiger partial charge in [0, 0.05) is 5.92 Å². The van der Waals surface area contributed by atoms with Crippen molar-refractivity contribution in [3.8, 4) is 18.1 Å². The van der Waals surface area contributed by atoms with Gasteiger partial charge in [-0.1, -0.05) is 12.0 Å². The first kappa shape index (κ1) is 16.9. The molecule has 0 amide bonds. The van der Waals surface area contributed by atoms with Crippen LogP contribution in [0.5, 0.6) is 5.75 Å². The lowest BCUT2D eigenvalue weighted by atomic mass is 9.52. The van der Waals surface area contributed by atoms with Crippen molar-refractivity contribution in [1.82, 2.24) is 0 Å². The van der Waals surface area contributed by atoms with Gasteiger partial charge in [-0.25, -0.2) is 0 Å². The number of benzene rings is 1. The topological polar surface area (TPSA) is 55.8 Å². The molecule has 1 N–H and O–H groups in total. The van der Waals surface area contributed by atoms with E-state index in [2.05, 4.69) is 18.1 Å². The third-order valence-electron chi connectivity index (χ3n) is 6.15. The highest BCUT2D eigenvalue weighted by Crippen LogP contribution is 2.57. The van der Waals surface area contributed by atoms with Crippen molar-refractivity contribution in [3.05, 3.63) is 29.3 Å². The molecule has 4 nitrogen and oxygen atoms in total. The molecule has 1 fully saturated rings. The van der Waals surface area contributed by atoms with Crippen molar-refractivity contribution in [1.29, 1.82) is 0 Å². The van der Waals surface area contributed by atoms with Crippen LogP contribution in [0, 0.1) is 23.7 Å². The summed E-state index contributed by atoms with van der Waals surface area (Å²) < 4.78 is 10.3. The first-order chi connectivity index (χ1) is 11.4. The zero-order valence-electron chi connectivity index (χ0n) is 14.5. The van der Waals surface area contributed by atoms with E-state index < -0.39 is 17.0 Å². The summed E-state index contributed by atoms with van der Waals surface area (Å²) in [7, 11) is 3.01. The molecule has 24 heavy (non-hydrogen) atoms. The summed E-state index contributed by atoms with van der Waals surface area (Å²) in [5.74, 6) is 2.98. The summed E-state index contributed by atoms with van der Waals surface area (Å²) in [5.41, 5.74) is -0.105. The van der Waals surface area contributed by atoms with Gasteiger partial charge in [-0.3, -0.25) is 4.79 Å². The number of hydrogen-bond donors (Lipinski definition) is 1. The number of methoxy groups -OCH3 is 2. The van der Waals surface area contributed by atoms with Gasteiger partial charge in [-0.2, -0.15) is 0 Å². The minimum absolute atomic E-state index is 0.151. The predicted molar refractivity (Wildman–Crippen MR) is 90.7 cm³/mol. The highest BCUT2D eigenvalue weighted by molar-refractivity contribution is 5.79. The minimum Gasteiger partial charge on any atom is -0.497 e. The standard InChI is InChI=1S/C20H24O4/c1-5-20(22)17-9-6-13-12-14(23-3)7-8-15(13)16(17)10-11-19(20,2)18(21)24-4/h1,7-8,12,16-17,22H,6,9-11H2,2-4H3/t16-,17-,19+,20+/m0/s1. The fourth-order valence-corrected chi connectivity index (χ4v) is 4.67. The Balaban J connectivity index is 2.04. The molecule has 0 spiro atoms. The molecule has 0 radical (unpaired) electrons. The number of fused-ring (bicyclic) bond motifs is 3. The van der Waals surface area contributed by atoms with Crippen LogP contribution in [-0.2, 0) is 16.0 Å². The third-order valence-corrected chi connectivity index (χ3v) is 6.15. The van der Waals surface area contributed by atoms with Crippen LogP contribution in [0.25, 0.3) is 0 Å². The maximum atomic E-state index is 12.4. The Morgan fingerprint density at radius 2 is 2.12 bits per heavy atom. The maximum absolute atomic E-state index is 12.4. The summed E-state index contributed by atoms with van der Waals surface area (Å²) in [6.45, 7) is 1.73. The molecule has 1 aromatic carbocycles. The number of aryl methyl sites for hydroxylation is 1. The van der Waals surface area contributed by atoms with Gasteiger partial charge in [0.15, 0.2) is 0 Å². The average Bonchev–Trinajstić information content (AvgIpc) is 2.62. The number of rotatable bonds is 2. The summed E-state index contributed by atoms with van der Waals surface area (Å²) >= 11 is 0. The van der Waals surface area contributed by atoms with Gasteiger partial charge in [0.1, 0.15) is 16.8 Å². The maximum Gasteiger partial charge on any atom is 0.315 e. The Hall–Kier alpha value is -1.99. The van der Waals surface area contributed by atoms with Gasteiger partial charge in [-0.05, 0) is 61.8 Å². The van der Waals surface area contributed by atoms with Crippen molar-refractivity contribution < 1.29 is 19.4 Å². The largest absolute Gasteiger partial charge is 0.497 e. The first-order valence-corrected chi connectivity index (χ1v) is 8.36. The van der Waals surface area contributed by atoms with E-state index in [-0.39, 0.29) is 11.8 Å². The molecule has 0 heterocycles. The lowest BCUT2D eigenvalue weighted by Gasteiger charge is -2.53. The molecule has 1 saturated carbocycles. The molecule has 3 rings (SSSR count). The van der Waals surface area contributed by atoms with Gasteiger partial charge < -0.3 is 14.6 Å². The smallest absolute Gasteiger partial charge is 0.315 e. The molecule has 2 aliphatic carbocycles. The number of terminal acetylenes is 1. The molecule has 4 atom stereocenters. The van der Waals surface area contributed by atoms with E-state index in [1.54, 1.807) is 14.0 Å². The van der Waals surface area contributed by atoms with Crippen LogP contribution >= 0.6 is 0 Å². The van der Waals surface area contributed by atoms with Crippen LogP contribution in [-0.4, -0.2) is 30.9 Å². The molecule has 128 valence electrons.